The maximum absolute atomic E-state index is 11.5. The Hall–Kier alpha value is -1.65. The van der Waals surface area contributed by atoms with Gasteiger partial charge in [0.15, 0.2) is 0 Å². The van der Waals surface area contributed by atoms with E-state index < -0.39 is 0 Å². The van der Waals surface area contributed by atoms with Crippen molar-refractivity contribution in [2.45, 2.75) is 68.3 Å². The average Bonchev–Trinajstić information content (AvgIpc) is 3.06. The zero-order chi connectivity index (χ0) is 18.4. The molecule has 142 valence electrons. The SMILES string of the molecule is N#CB1CC(N2CC(N3CCC(c4cnn(C5(C=O)CCC5)c4)CC3)C2)C1. The number of rotatable bonds is 5. The number of nitrogens with zero attached hydrogens (tertiary/aromatic N) is 5. The molecule has 3 aliphatic heterocycles. The second kappa shape index (κ2) is 6.75. The monoisotopic (exact) mass is 365 g/mol. The van der Waals surface area contributed by atoms with Crippen LogP contribution in [0.15, 0.2) is 12.4 Å². The summed E-state index contributed by atoms with van der Waals surface area (Å²) >= 11 is 0. The summed E-state index contributed by atoms with van der Waals surface area (Å²) in [5.74, 6) is 2.97. The van der Waals surface area contributed by atoms with Gasteiger partial charge in [-0.1, -0.05) is 0 Å². The van der Waals surface area contributed by atoms with Crippen molar-refractivity contribution < 1.29 is 4.79 Å². The largest absolute Gasteiger partial charge is 0.301 e. The van der Waals surface area contributed by atoms with E-state index in [0.717, 1.165) is 38.2 Å². The molecule has 1 aromatic heterocycles. The minimum absolute atomic E-state index is 0.309. The highest BCUT2D eigenvalue weighted by molar-refractivity contribution is 6.70. The molecular weight excluding hydrogens is 337 g/mol. The molecule has 7 heteroatoms. The lowest BCUT2D eigenvalue weighted by molar-refractivity contribution is -0.119. The molecule has 0 unspecified atom stereocenters. The van der Waals surface area contributed by atoms with Crippen LogP contribution in [0.25, 0.3) is 0 Å². The summed E-state index contributed by atoms with van der Waals surface area (Å²) in [4.78, 5) is 16.7. The van der Waals surface area contributed by atoms with Crippen LogP contribution in [-0.4, -0.2) is 70.8 Å². The van der Waals surface area contributed by atoms with Crippen LogP contribution < -0.4 is 0 Å². The fourth-order valence-electron chi connectivity index (χ4n) is 5.34. The topological polar surface area (TPSA) is 65.2 Å². The summed E-state index contributed by atoms with van der Waals surface area (Å²) in [6.45, 7) is 5.02. The number of carbonyl (C=O) groups is 1. The molecule has 4 fully saturated rings. The highest BCUT2D eigenvalue weighted by Gasteiger charge is 2.44. The van der Waals surface area contributed by atoms with Gasteiger partial charge in [0.05, 0.1) is 6.20 Å². The van der Waals surface area contributed by atoms with Crippen LogP contribution in [0.1, 0.15) is 43.6 Å². The van der Waals surface area contributed by atoms with Crippen molar-refractivity contribution in [2.75, 3.05) is 26.2 Å². The Labute approximate surface area is 161 Å². The predicted molar refractivity (Wildman–Crippen MR) is 104 cm³/mol. The number of aromatic nitrogens is 2. The van der Waals surface area contributed by atoms with Gasteiger partial charge in [-0.25, -0.2) is 5.26 Å². The van der Waals surface area contributed by atoms with E-state index in [-0.39, 0.29) is 5.54 Å². The third kappa shape index (κ3) is 2.94. The van der Waals surface area contributed by atoms with Crippen molar-refractivity contribution in [3.05, 3.63) is 18.0 Å². The highest BCUT2D eigenvalue weighted by Crippen LogP contribution is 2.38. The first-order valence-electron chi connectivity index (χ1n) is 10.6. The van der Waals surface area contributed by atoms with E-state index in [2.05, 4.69) is 27.1 Å². The Morgan fingerprint density at radius 2 is 1.93 bits per heavy atom. The fourth-order valence-corrected chi connectivity index (χ4v) is 5.34. The smallest absolute Gasteiger partial charge is 0.270 e. The molecule has 0 aromatic carbocycles. The normalized spacial score (nSPS) is 27.4. The molecule has 1 saturated carbocycles. The molecule has 5 rings (SSSR count). The van der Waals surface area contributed by atoms with E-state index in [9.17, 15) is 4.79 Å². The molecule has 4 aliphatic rings. The molecule has 27 heavy (non-hydrogen) atoms. The van der Waals surface area contributed by atoms with Gasteiger partial charge < -0.3 is 4.79 Å². The van der Waals surface area contributed by atoms with Gasteiger partial charge in [0, 0.05) is 31.3 Å². The van der Waals surface area contributed by atoms with Gasteiger partial charge in [0.25, 0.3) is 6.71 Å². The van der Waals surface area contributed by atoms with Gasteiger partial charge in [-0.2, -0.15) is 5.10 Å². The molecule has 1 aliphatic carbocycles. The second-order valence-electron chi connectivity index (χ2n) is 9.16. The van der Waals surface area contributed by atoms with E-state index in [1.54, 1.807) is 0 Å². The van der Waals surface area contributed by atoms with Crippen LogP contribution in [0, 0.1) is 11.2 Å². The Morgan fingerprint density at radius 1 is 1.19 bits per heavy atom. The molecule has 0 spiro atoms. The summed E-state index contributed by atoms with van der Waals surface area (Å²) in [5, 5.41) is 13.5. The van der Waals surface area contributed by atoms with Crippen LogP contribution in [-0.2, 0) is 10.3 Å². The molecule has 3 saturated heterocycles. The standard InChI is InChI=1S/C20H28BN5O/c22-15-21-8-18(9-21)25-12-19(13-25)24-6-2-16(3-7-24)17-10-23-26(11-17)20(14-27)4-1-5-20/h10-11,14,16,18-19H,1-9,12-13H2. The van der Waals surface area contributed by atoms with Crippen molar-refractivity contribution in [1.29, 1.82) is 5.26 Å². The maximum atomic E-state index is 11.5. The third-order valence-electron chi connectivity index (χ3n) is 7.72. The minimum atomic E-state index is -0.347. The van der Waals surface area contributed by atoms with E-state index in [4.69, 9.17) is 5.26 Å². The lowest BCUT2D eigenvalue weighted by Gasteiger charge is -2.53. The van der Waals surface area contributed by atoms with Gasteiger partial charge in [0.1, 0.15) is 11.8 Å². The summed E-state index contributed by atoms with van der Waals surface area (Å²) in [6, 6.07) is 1.38. The Balaban J connectivity index is 1.11. The van der Waals surface area contributed by atoms with E-state index in [1.807, 2.05) is 10.9 Å². The molecule has 0 atom stereocenters. The highest BCUT2D eigenvalue weighted by atomic mass is 16.1. The quantitative estimate of drug-likeness (QED) is 0.588. The summed E-state index contributed by atoms with van der Waals surface area (Å²) in [7, 11) is 0. The first-order valence-corrected chi connectivity index (χ1v) is 10.6. The molecular formula is C20H28BN5O. The Morgan fingerprint density at radius 3 is 2.52 bits per heavy atom. The van der Waals surface area contributed by atoms with Crippen LogP contribution in [0.3, 0.4) is 0 Å². The van der Waals surface area contributed by atoms with E-state index in [1.165, 1.54) is 44.6 Å². The lowest BCUT2D eigenvalue weighted by Crippen LogP contribution is -2.65. The number of hydrogen-bond acceptors (Lipinski definition) is 5. The summed E-state index contributed by atoms with van der Waals surface area (Å²) in [5.41, 5.74) is 0.968. The second-order valence-corrected chi connectivity index (χ2v) is 9.16. The van der Waals surface area contributed by atoms with Crippen LogP contribution >= 0.6 is 0 Å². The van der Waals surface area contributed by atoms with Gasteiger partial charge in [-0.15, -0.1) is 0 Å². The Bertz CT molecular complexity index is 734. The molecule has 1 aromatic rings. The number of carbonyl (C=O) groups excluding carboxylic acids is 1. The number of piperidine rings is 1. The van der Waals surface area contributed by atoms with Crippen molar-refractivity contribution in [3.63, 3.8) is 0 Å². The van der Waals surface area contributed by atoms with Gasteiger partial charge in [0.2, 0.25) is 0 Å². The lowest BCUT2D eigenvalue weighted by atomic mass is 9.34. The fraction of sp³-hybridized carbons (Fsp3) is 0.750. The van der Waals surface area contributed by atoms with Gasteiger partial charge in [-0.3, -0.25) is 14.5 Å². The molecule has 0 bridgehead atoms. The number of hydrogen-bond donors (Lipinski definition) is 0. The average molecular weight is 365 g/mol. The van der Waals surface area contributed by atoms with E-state index >= 15 is 0 Å². The number of nitriles is 1. The predicted octanol–water partition coefficient (Wildman–Crippen LogP) is 1.76. The zero-order valence-corrected chi connectivity index (χ0v) is 16.0. The first-order chi connectivity index (χ1) is 13.2. The van der Waals surface area contributed by atoms with Crippen molar-refractivity contribution in [2.24, 2.45) is 0 Å². The number of likely N-dealkylation sites (tertiary alicyclic amines) is 2. The zero-order valence-electron chi connectivity index (χ0n) is 16.0. The van der Waals surface area contributed by atoms with E-state index in [0.29, 0.717) is 24.7 Å². The maximum Gasteiger partial charge on any atom is 0.270 e. The van der Waals surface area contributed by atoms with Gasteiger partial charge in [-0.05, 0) is 75.4 Å². The van der Waals surface area contributed by atoms with Crippen molar-refractivity contribution in [3.8, 4) is 5.97 Å². The summed E-state index contributed by atoms with van der Waals surface area (Å²) in [6.07, 6.45) is 12.8. The Kier molecular flexibility index (Phi) is 4.36. The van der Waals surface area contributed by atoms with Crippen molar-refractivity contribution >= 4 is 13.0 Å². The van der Waals surface area contributed by atoms with Crippen LogP contribution in [0.4, 0.5) is 0 Å². The first kappa shape index (κ1) is 17.5. The molecule has 0 N–H and O–H groups in total. The van der Waals surface area contributed by atoms with Gasteiger partial charge >= 0.3 is 0 Å². The number of aldehydes is 1. The molecule has 6 nitrogen and oxygen atoms in total. The third-order valence-corrected chi connectivity index (χ3v) is 7.72. The molecule has 0 radical (unpaired) electrons. The molecule has 0 amide bonds. The molecule has 4 heterocycles. The summed E-state index contributed by atoms with van der Waals surface area (Å²) < 4.78 is 1.93. The van der Waals surface area contributed by atoms with Crippen LogP contribution in [0.5, 0.6) is 0 Å². The van der Waals surface area contributed by atoms with Crippen molar-refractivity contribution in [1.82, 2.24) is 19.6 Å². The van der Waals surface area contributed by atoms with Crippen LogP contribution in [0.2, 0.25) is 12.6 Å². The minimum Gasteiger partial charge on any atom is -0.301 e.